The van der Waals surface area contributed by atoms with Gasteiger partial charge in [-0.05, 0) is 253 Å². The van der Waals surface area contributed by atoms with Crippen molar-refractivity contribution in [3.05, 3.63) is 0 Å². The molecular weight excluding hydrogens is 1100 g/mol. The third kappa shape index (κ3) is 10.6. The first-order valence-corrected chi connectivity index (χ1v) is 43.5. The van der Waals surface area contributed by atoms with Crippen LogP contribution in [0.3, 0.4) is 0 Å². The first-order chi connectivity index (χ1) is 44.8. The number of hydrogen-bond donors (Lipinski definition) is 0. The van der Waals surface area contributed by atoms with Crippen molar-refractivity contribution < 1.29 is 4.74 Å². The average molecular weight is 1240 g/mol. The lowest BCUT2D eigenvalue weighted by Gasteiger charge is -2.72. The van der Waals surface area contributed by atoms with Crippen molar-refractivity contribution in [2.24, 2.45) is 70.5 Å². The van der Waals surface area contributed by atoms with Crippen LogP contribution in [0.15, 0.2) is 0 Å². The molecule has 0 spiro atoms. The lowest BCUT2D eigenvalue weighted by molar-refractivity contribution is -0.154. The average Bonchev–Trinajstić information content (AvgIpc) is 0.703. The van der Waals surface area contributed by atoms with E-state index in [1.807, 2.05) is 0 Å². The molecule has 0 N–H and O–H groups in total. The van der Waals surface area contributed by atoms with Crippen molar-refractivity contribution in [1.29, 1.82) is 0 Å². The van der Waals surface area contributed by atoms with Crippen LogP contribution < -0.4 is 0 Å². The Kier molecular flexibility index (Phi) is 17.4. The Morgan fingerprint density at radius 2 is 0.791 bits per heavy atom. The Bertz CT molecular complexity index is 2450. The van der Waals surface area contributed by atoms with Crippen molar-refractivity contribution in [2.75, 3.05) is 0 Å². The number of rotatable bonds is 7. The minimum Gasteiger partial charge on any atom is -0.376 e. The first kappa shape index (κ1) is 62.0. The van der Waals surface area contributed by atoms with Crippen LogP contribution in [0.4, 0.5) is 0 Å². The van der Waals surface area contributed by atoms with E-state index in [1.165, 1.54) is 212 Å². The molecule has 4 saturated heterocycles. The Morgan fingerprint density at radius 1 is 0.297 bits per heavy atom. The van der Waals surface area contributed by atoms with Gasteiger partial charge in [-0.15, -0.1) is 0 Å². The fourth-order valence-electron chi connectivity index (χ4n) is 33.4. The number of fused-ring (bicyclic) bond motifs is 10. The summed E-state index contributed by atoms with van der Waals surface area (Å²) >= 11 is 0. The Morgan fingerprint density at radius 3 is 1.40 bits per heavy atom. The fraction of sp³-hybridized carbons (Fsp3) is 1.00. The van der Waals surface area contributed by atoms with E-state index in [-0.39, 0.29) is 0 Å². The predicted molar refractivity (Wildman–Crippen MR) is 380 cm³/mol. The summed E-state index contributed by atoms with van der Waals surface area (Å²) in [5, 5.41) is 0. The molecule has 5 nitrogen and oxygen atoms in total. The molecule has 4 heterocycles. The molecule has 506 valence electrons. The van der Waals surface area contributed by atoms with Crippen LogP contribution in [-0.2, 0) is 4.74 Å². The van der Waals surface area contributed by atoms with Gasteiger partial charge in [0.15, 0.2) is 13.4 Å². The van der Waals surface area contributed by atoms with E-state index < -0.39 is 0 Å². The largest absolute Gasteiger partial charge is 0.376 e. The van der Waals surface area contributed by atoms with Crippen molar-refractivity contribution in [2.45, 2.75) is 455 Å². The highest BCUT2D eigenvalue weighted by Crippen LogP contribution is 2.71. The van der Waals surface area contributed by atoms with E-state index in [9.17, 15) is 0 Å². The summed E-state index contributed by atoms with van der Waals surface area (Å²) in [7, 11) is 0. The van der Waals surface area contributed by atoms with Crippen LogP contribution in [0, 0.1) is 70.5 Å². The maximum atomic E-state index is 8.75. The summed E-state index contributed by atoms with van der Waals surface area (Å²) in [6, 6.07) is 9.79. The van der Waals surface area contributed by atoms with Gasteiger partial charge in [0, 0.05) is 72.5 Å². The maximum absolute atomic E-state index is 8.75. The topological polar surface area (TPSA) is 22.2 Å². The normalized spacial score (nSPS) is 50.5. The predicted octanol–water partition coefficient (Wildman–Crippen LogP) is 20.8. The van der Waals surface area contributed by atoms with Gasteiger partial charge in [0.25, 0.3) is 0 Å². The molecule has 7 heteroatoms. The molecule has 26 atom stereocenters. The van der Waals surface area contributed by atoms with Gasteiger partial charge in [-0.3, -0.25) is 19.6 Å². The van der Waals surface area contributed by atoms with E-state index in [0.29, 0.717) is 17.6 Å². The molecule has 4 aliphatic heterocycles. The molecule has 15 saturated carbocycles. The zero-order chi connectivity index (χ0) is 60.2. The molecule has 91 heavy (non-hydrogen) atoms. The van der Waals surface area contributed by atoms with Crippen LogP contribution in [0.5, 0.6) is 0 Å². The lowest BCUT2D eigenvalue weighted by Crippen LogP contribution is -2.76. The molecule has 0 aromatic carbocycles. The quantitative estimate of drug-likeness (QED) is 0.236. The zero-order valence-corrected chi connectivity index (χ0v) is 59.4. The van der Waals surface area contributed by atoms with E-state index in [1.54, 1.807) is 103 Å². The standard InChI is InChI=1S/C84H138B2N4O/c1-84(2,3)57-47-75-82-76(48-57)90(62-35-17-8-18-36-62)74-52-78-71(51-70(74)85(82)68-40-19-20-41-72(68)88(75)60-31-13-6-14-32-60)86-69-46-54(56-44-55-26-23-38-65-64-37-21-24-53-25-22-39-66(80(53)64)67(45-56)81(55)65)42-43-73(69)89(61-33-15-7-16-34-61)77-49-63(50-79(91-78)83(77)86)87(58-27-9-4-10-28-58)59-29-11-5-12-30-59/h53-83H,4-52H2,1-3H3/t53-,54?,55?,56?,57-,63?,64?,65?,66-,67+,68?,69?,70?,71+,72?,73?,74?,75+,76-,77?,78?,79?,80?,81?,82?,83?/m1/s1. The van der Waals surface area contributed by atoms with Crippen LogP contribution in [0.25, 0.3) is 0 Å². The number of ether oxygens (including phenoxy) is 1. The fourth-order valence-corrected chi connectivity index (χ4v) is 33.4. The van der Waals surface area contributed by atoms with Crippen LogP contribution in [0.2, 0.25) is 34.9 Å². The monoisotopic (exact) mass is 1240 g/mol. The third-order valence-electron chi connectivity index (χ3n) is 36.0. The summed E-state index contributed by atoms with van der Waals surface area (Å²) in [4.78, 5) is 14.1. The van der Waals surface area contributed by atoms with E-state index in [2.05, 4.69) is 40.4 Å². The summed E-state index contributed by atoms with van der Waals surface area (Å²) in [5.41, 5.74) is 0.375. The Balaban J connectivity index is 0.724. The van der Waals surface area contributed by atoms with Crippen molar-refractivity contribution in [3.63, 3.8) is 0 Å². The highest BCUT2D eigenvalue weighted by molar-refractivity contribution is 6.67. The van der Waals surface area contributed by atoms with E-state index >= 15 is 0 Å². The summed E-state index contributed by atoms with van der Waals surface area (Å²) in [6.45, 7) is 9.99. The second kappa shape index (κ2) is 25.5. The van der Waals surface area contributed by atoms with Crippen LogP contribution >= 0.6 is 0 Å². The molecule has 19 fully saturated rings. The molecule has 19 unspecified atom stereocenters. The zero-order valence-electron chi connectivity index (χ0n) is 59.4. The van der Waals surface area contributed by atoms with E-state index in [4.69, 9.17) is 4.74 Å². The highest BCUT2D eigenvalue weighted by atomic mass is 16.5. The Hall–Kier alpha value is -0.0701. The molecule has 0 radical (unpaired) electrons. The molecule has 0 amide bonds. The van der Waals surface area contributed by atoms with Crippen molar-refractivity contribution >= 4 is 13.4 Å². The molecule has 15 aliphatic carbocycles. The molecular formula is C84H138B2N4O. The lowest BCUT2D eigenvalue weighted by atomic mass is 9.14. The molecule has 0 aromatic rings. The smallest absolute Gasteiger partial charge is 0.159 e. The molecule has 0 bridgehead atoms. The van der Waals surface area contributed by atoms with Gasteiger partial charge in [-0.25, -0.2) is 0 Å². The summed E-state index contributed by atoms with van der Waals surface area (Å²) < 4.78 is 8.75. The summed E-state index contributed by atoms with van der Waals surface area (Å²) in [6.07, 6.45) is 76.2. The van der Waals surface area contributed by atoms with Crippen LogP contribution in [0.1, 0.15) is 335 Å². The van der Waals surface area contributed by atoms with Crippen molar-refractivity contribution in [3.8, 4) is 0 Å². The minimum atomic E-state index is 0.375. The third-order valence-corrected chi connectivity index (χ3v) is 36.0. The summed E-state index contributed by atoms with van der Waals surface area (Å²) in [5.74, 6) is 17.0. The number of hydrogen-bond acceptors (Lipinski definition) is 5. The molecule has 19 aliphatic rings. The van der Waals surface area contributed by atoms with Gasteiger partial charge in [-0.2, -0.15) is 0 Å². The second-order valence-electron chi connectivity index (χ2n) is 40.2. The van der Waals surface area contributed by atoms with E-state index in [0.717, 1.165) is 186 Å². The Labute approximate surface area is 560 Å². The van der Waals surface area contributed by atoms with Gasteiger partial charge in [-0.1, -0.05) is 188 Å². The minimum absolute atomic E-state index is 0.375. The highest BCUT2D eigenvalue weighted by Gasteiger charge is 2.71. The van der Waals surface area contributed by atoms with Crippen molar-refractivity contribution in [1.82, 2.24) is 19.6 Å². The van der Waals surface area contributed by atoms with Gasteiger partial charge in [0.1, 0.15) is 0 Å². The first-order valence-electron chi connectivity index (χ1n) is 43.5. The SMILES string of the molecule is CC(C)(C)[C@H]1C[C@@H]2C3B(C4C[C@@H]5B6C7CC(C8CC9CCCC%10C%11CCC[C@@H]%12CCC[C@@H](C%11%12)[C@H](C8)C9%10)CCC7N(C7CCCCC7)C7CC(N(C8CCCCC8)C8CCCCC8)CC(OC5CC4N2C2CCCCC2)C67)C2CCCCC2N(C2CCCCC2)[C@H]3C1. The number of nitrogens with zero attached hydrogens (tertiary/aromatic N) is 4. The maximum Gasteiger partial charge on any atom is 0.159 e. The van der Waals surface area contributed by atoms with Crippen LogP contribution in [-0.4, -0.2) is 118 Å². The van der Waals surface area contributed by atoms with Gasteiger partial charge in [0.2, 0.25) is 0 Å². The van der Waals surface area contributed by atoms with Gasteiger partial charge >= 0.3 is 0 Å². The van der Waals surface area contributed by atoms with Gasteiger partial charge in [0.05, 0.1) is 12.2 Å². The molecule has 0 aromatic heterocycles. The molecule has 19 rings (SSSR count). The van der Waals surface area contributed by atoms with Gasteiger partial charge < -0.3 is 4.74 Å². The second-order valence-corrected chi connectivity index (χ2v) is 40.2.